The molecule has 0 aromatic rings. The number of aliphatic hydroxyl groups is 1. The monoisotopic (exact) mass is 97.1 g/mol. The molecule has 0 heterocycles. The Morgan fingerprint density at radius 2 is 2.43 bits per heavy atom. The summed E-state index contributed by atoms with van der Waals surface area (Å²) < 4.78 is 0. The van der Waals surface area contributed by atoms with Crippen molar-refractivity contribution in [3.63, 3.8) is 0 Å². The molecule has 0 aromatic carbocycles. The van der Waals surface area contributed by atoms with E-state index in [1.807, 2.05) is 0 Å². The minimum atomic E-state index is -0.586. The molecule has 1 nitrogen and oxygen atoms in total. The summed E-state index contributed by atoms with van der Waals surface area (Å²) in [5.41, 5.74) is 0. The third-order valence-corrected chi connectivity index (χ3v) is 0.670. The Kier molecular flexibility index (Phi) is 3.45. The van der Waals surface area contributed by atoms with Crippen molar-refractivity contribution in [2.75, 3.05) is 0 Å². The van der Waals surface area contributed by atoms with E-state index in [-0.39, 0.29) is 0 Å². The van der Waals surface area contributed by atoms with E-state index in [4.69, 9.17) is 11.5 Å². The second-order valence-corrected chi connectivity index (χ2v) is 1.32. The van der Waals surface area contributed by atoms with Crippen LogP contribution in [0.25, 0.3) is 0 Å². The molecule has 0 spiro atoms. The second-order valence-electron chi connectivity index (χ2n) is 1.32. The van der Waals surface area contributed by atoms with Gasteiger partial charge in [0.2, 0.25) is 0 Å². The lowest BCUT2D eigenvalue weighted by Gasteiger charge is -1.95. The van der Waals surface area contributed by atoms with Crippen molar-refractivity contribution in [3.8, 4) is 12.3 Å². The molecule has 0 fully saturated rings. The highest BCUT2D eigenvalue weighted by atomic mass is 16.3. The number of terminal acetylenes is 1. The molecule has 0 bridgehead atoms. The van der Waals surface area contributed by atoms with Crippen molar-refractivity contribution < 1.29 is 5.11 Å². The van der Waals surface area contributed by atoms with E-state index in [2.05, 4.69) is 12.8 Å². The molecule has 1 atom stereocenters. The SMILES string of the molecule is C#CC(O)CC[CH2]. The zero-order valence-electron chi connectivity index (χ0n) is 4.22. The average Bonchev–Trinajstić information content (AvgIpc) is 1.68. The molecule has 0 aliphatic heterocycles. The Hall–Kier alpha value is -0.480. The van der Waals surface area contributed by atoms with Gasteiger partial charge in [-0.1, -0.05) is 12.8 Å². The molecule has 1 N–H and O–H groups in total. The number of hydrogen-bond acceptors (Lipinski definition) is 1. The predicted octanol–water partition coefficient (Wildman–Crippen LogP) is 0.595. The van der Waals surface area contributed by atoms with E-state index in [1.54, 1.807) is 0 Å². The summed E-state index contributed by atoms with van der Waals surface area (Å²) >= 11 is 0. The molecule has 0 aromatic heterocycles. The highest BCUT2D eigenvalue weighted by Crippen LogP contribution is 1.91. The van der Waals surface area contributed by atoms with Crippen LogP contribution in [0.15, 0.2) is 0 Å². The molecule has 1 radical (unpaired) electrons. The van der Waals surface area contributed by atoms with Crippen LogP contribution in [0.3, 0.4) is 0 Å². The van der Waals surface area contributed by atoms with Gasteiger partial charge in [-0.25, -0.2) is 0 Å². The van der Waals surface area contributed by atoms with Crippen LogP contribution in [-0.4, -0.2) is 11.2 Å². The van der Waals surface area contributed by atoms with Crippen LogP contribution in [0.5, 0.6) is 0 Å². The molecule has 0 aliphatic rings. The normalized spacial score (nSPS) is 12.7. The minimum absolute atomic E-state index is 0.586. The van der Waals surface area contributed by atoms with Gasteiger partial charge >= 0.3 is 0 Å². The van der Waals surface area contributed by atoms with Crippen molar-refractivity contribution in [1.82, 2.24) is 0 Å². The lowest BCUT2D eigenvalue weighted by Crippen LogP contribution is -1.99. The van der Waals surface area contributed by atoms with Crippen LogP contribution < -0.4 is 0 Å². The third-order valence-electron chi connectivity index (χ3n) is 0.670. The van der Waals surface area contributed by atoms with Crippen LogP contribution in [-0.2, 0) is 0 Å². The van der Waals surface area contributed by atoms with E-state index in [9.17, 15) is 0 Å². The lowest BCUT2D eigenvalue weighted by atomic mass is 10.2. The first-order chi connectivity index (χ1) is 3.31. The van der Waals surface area contributed by atoms with E-state index in [0.717, 1.165) is 0 Å². The fraction of sp³-hybridized carbons (Fsp3) is 0.500. The first-order valence-electron chi connectivity index (χ1n) is 2.24. The highest BCUT2D eigenvalue weighted by molar-refractivity contribution is 4.92. The van der Waals surface area contributed by atoms with Crippen molar-refractivity contribution in [3.05, 3.63) is 6.92 Å². The van der Waals surface area contributed by atoms with Crippen molar-refractivity contribution in [2.24, 2.45) is 0 Å². The number of aliphatic hydroxyl groups excluding tert-OH is 1. The Bertz CT molecular complexity index is 70.7. The summed E-state index contributed by atoms with van der Waals surface area (Å²) in [6.45, 7) is 3.52. The van der Waals surface area contributed by atoms with E-state index in [0.29, 0.717) is 12.8 Å². The summed E-state index contributed by atoms with van der Waals surface area (Å²) in [4.78, 5) is 0. The Morgan fingerprint density at radius 3 is 2.57 bits per heavy atom. The van der Waals surface area contributed by atoms with Gasteiger partial charge in [-0.3, -0.25) is 0 Å². The molecular weight excluding hydrogens is 88.1 g/mol. The topological polar surface area (TPSA) is 20.2 Å². The van der Waals surface area contributed by atoms with Gasteiger partial charge in [0.05, 0.1) is 0 Å². The van der Waals surface area contributed by atoms with Gasteiger partial charge in [0, 0.05) is 0 Å². The fourth-order valence-corrected chi connectivity index (χ4v) is 0.277. The quantitative estimate of drug-likeness (QED) is 0.500. The Labute approximate surface area is 44.4 Å². The third kappa shape index (κ3) is 3.35. The van der Waals surface area contributed by atoms with Crippen LogP contribution in [0, 0.1) is 19.3 Å². The highest BCUT2D eigenvalue weighted by Gasteiger charge is 1.91. The smallest absolute Gasteiger partial charge is 0.114 e. The molecule has 1 heteroatoms. The molecule has 1 unspecified atom stereocenters. The maximum atomic E-state index is 8.58. The van der Waals surface area contributed by atoms with E-state index < -0.39 is 6.10 Å². The maximum Gasteiger partial charge on any atom is 0.114 e. The molecule has 7 heavy (non-hydrogen) atoms. The van der Waals surface area contributed by atoms with Crippen LogP contribution >= 0.6 is 0 Å². The summed E-state index contributed by atoms with van der Waals surface area (Å²) in [5, 5.41) is 8.58. The molecule has 0 saturated heterocycles. The summed E-state index contributed by atoms with van der Waals surface area (Å²) in [7, 11) is 0. The number of rotatable bonds is 2. The second kappa shape index (κ2) is 3.70. The van der Waals surface area contributed by atoms with E-state index >= 15 is 0 Å². The first-order valence-corrected chi connectivity index (χ1v) is 2.24. The fourth-order valence-electron chi connectivity index (χ4n) is 0.277. The van der Waals surface area contributed by atoms with Crippen LogP contribution in [0.2, 0.25) is 0 Å². The van der Waals surface area contributed by atoms with Crippen molar-refractivity contribution in [1.29, 1.82) is 0 Å². The number of hydrogen-bond donors (Lipinski definition) is 1. The van der Waals surface area contributed by atoms with Gasteiger partial charge < -0.3 is 5.11 Å². The van der Waals surface area contributed by atoms with Gasteiger partial charge in [0.25, 0.3) is 0 Å². The standard InChI is InChI=1S/C6H9O/c1-3-5-6(7)4-2/h2,6-7H,1,3,5H2. The Balaban J connectivity index is 3.04. The summed E-state index contributed by atoms with van der Waals surface area (Å²) in [6.07, 6.45) is 5.55. The van der Waals surface area contributed by atoms with Gasteiger partial charge in [-0.15, -0.1) is 6.42 Å². The largest absolute Gasteiger partial charge is 0.380 e. The zero-order chi connectivity index (χ0) is 5.70. The first kappa shape index (κ1) is 6.52. The predicted molar refractivity (Wildman–Crippen MR) is 29.4 cm³/mol. The van der Waals surface area contributed by atoms with Crippen LogP contribution in [0.4, 0.5) is 0 Å². The van der Waals surface area contributed by atoms with Gasteiger partial charge in [0.15, 0.2) is 0 Å². The molecular formula is C6H9O. The van der Waals surface area contributed by atoms with Gasteiger partial charge in [-0.05, 0) is 12.8 Å². The lowest BCUT2D eigenvalue weighted by molar-refractivity contribution is 0.223. The molecule has 0 aliphatic carbocycles. The summed E-state index contributed by atoms with van der Waals surface area (Å²) in [6, 6.07) is 0. The molecule has 0 saturated carbocycles. The van der Waals surface area contributed by atoms with Gasteiger partial charge in [-0.2, -0.15) is 0 Å². The molecule has 39 valence electrons. The summed E-state index contributed by atoms with van der Waals surface area (Å²) in [5.74, 6) is 2.18. The van der Waals surface area contributed by atoms with E-state index in [1.165, 1.54) is 0 Å². The van der Waals surface area contributed by atoms with Crippen molar-refractivity contribution >= 4 is 0 Å². The molecule has 0 rings (SSSR count). The molecule has 0 amide bonds. The Morgan fingerprint density at radius 1 is 1.86 bits per heavy atom. The van der Waals surface area contributed by atoms with Crippen molar-refractivity contribution in [2.45, 2.75) is 18.9 Å². The zero-order valence-corrected chi connectivity index (χ0v) is 4.22. The average molecular weight is 97.1 g/mol. The minimum Gasteiger partial charge on any atom is -0.380 e. The maximum absolute atomic E-state index is 8.58. The van der Waals surface area contributed by atoms with Gasteiger partial charge in [0.1, 0.15) is 6.10 Å². The van der Waals surface area contributed by atoms with Crippen LogP contribution in [0.1, 0.15) is 12.8 Å².